The number of anilines is 1. The molecule has 19 heavy (non-hydrogen) atoms. The molecular weight excluding hydrogens is 386 g/mol. The lowest BCUT2D eigenvalue weighted by Gasteiger charge is -2.27. The lowest BCUT2D eigenvalue weighted by molar-refractivity contribution is 0.870. The second kappa shape index (κ2) is 5.90. The molecule has 2 aromatic carbocycles. The minimum atomic E-state index is 0.376. The molecule has 1 atom stereocenters. The van der Waals surface area contributed by atoms with E-state index >= 15 is 0 Å². The fourth-order valence-electron chi connectivity index (χ4n) is 2.30. The predicted molar refractivity (Wildman–Crippen MR) is 90.8 cm³/mol. The molecule has 0 bridgehead atoms. The van der Waals surface area contributed by atoms with E-state index in [9.17, 15) is 0 Å². The van der Waals surface area contributed by atoms with Gasteiger partial charge in [-0.15, -0.1) is 0 Å². The van der Waals surface area contributed by atoms with Crippen LogP contribution >= 0.6 is 43.6 Å². The Hall–Kier alpha value is -0.450. The summed E-state index contributed by atoms with van der Waals surface area (Å²) in [6, 6.07) is 15.3. The first-order valence-electron chi connectivity index (χ1n) is 6.11. The second-order valence-electron chi connectivity index (χ2n) is 4.54. The number of thioether (sulfide) groups is 1. The van der Waals surface area contributed by atoms with Gasteiger partial charge < -0.3 is 5.32 Å². The van der Waals surface area contributed by atoms with Crippen LogP contribution in [0, 0.1) is 0 Å². The number of benzene rings is 2. The van der Waals surface area contributed by atoms with Crippen molar-refractivity contribution >= 4 is 49.3 Å². The summed E-state index contributed by atoms with van der Waals surface area (Å²) in [6.07, 6.45) is 0. The maximum absolute atomic E-state index is 3.65. The third kappa shape index (κ3) is 3.01. The van der Waals surface area contributed by atoms with Gasteiger partial charge in [-0.25, -0.2) is 0 Å². The van der Waals surface area contributed by atoms with E-state index in [1.165, 1.54) is 11.1 Å². The zero-order valence-corrected chi connectivity index (χ0v) is 14.2. The highest BCUT2D eigenvalue weighted by molar-refractivity contribution is 9.11. The van der Waals surface area contributed by atoms with Crippen LogP contribution in [0.15, 0.2) is 51.4 Å². The van der Waals surface area contributed by atoms with E-state index in [1.807, 2.05) is 17.8 Å². The highest BCUT2D eigenvalue weighted by Crippen LogP contribution is 2.36. The first-order chi connectivity index (χ1) is 9.24. The van der Waals surface area contributed by atoms with Crippen LogP contribution in [-0.2, 0) is 5.75 Å². The van der Waals surface area contributed by atoms with Crippen LogP contribution in [0.1, 0.15) is 17.2 Å². The summed E-state index contributed by atoms with van der Waals surface area (Å²) in [5, 5.41) is 3.65. The minimum absolute atomic E-state index is 0.376. The number of rotatable bonds is 2. The molecule has 0 saturated carbocycles. The standard InChI is InChI=1S/C15H13Br2NS/c16-11-5-6-13(17)14(7-11)18-15-9-19-8-10-3-1-2-4-12(10)15/h1-7,15,18H,8-9H2. The molecule has 1 aliphatic rings. The van der Waals surface area contributed by atoms with Gasteiger partial charge in [0.25, 0.3) is 0 Å². The topological polar surface area (TPSA) is 12.0 Å². The van der Waals surface area contributed by atoms with Gasteiger partial charge in [0, 0.05) is 20.5 Å². The van der Waals surface area contributed by atoms with Gasteiger partial charge >= 0.3 is 0 Å². The average Bonchev–Trinajstić information content (AvgIpc) is 2.43. The van der Waals surface area contributed by atoms with Crippen LogP contribution in [0.2, 0.25) is 0 Å². The van der Waals surface area contributed by atoms with Gasteiger partial charge in [-0.1, -0.05) is 40.2 Å². The molecule has 98 valence electrons. The summed E-state index contributed by atoms with van der Waals surface area (Å²) in [7, 11) is 0. The molecule has 0 radical (unpaired) electrons. The Morgan fingerprint density at radius 3 is 2.84 bits per heavy atom. The van der Waals surface area contributed by atoms with Crippen molar-refractivity contribution in [3.63, 3.8) is 0 Å². The SMILES string of the molecule is Brc1ccc(Br)c(NC2CSCc3ccccc32)c1. The van der Waals surface area contributed by atoms with Crippen LogP contribution in [0.5, 0.6) is 0 Å². The second-order valence-corrected chi connectivity index (χ2v) is 7.34. The molecule has 1 aliphatic heterocycles. The third-order valence-electron chi connectivity index (χ3n) is 3.23. The molecule has 3 rings (SSSR count). The number of hydrogen-bond acceptors (Lipinski definition) is 2. The van der Waals surface area contributed by atoms with E-state index in [0.717, 1.165) is 26.1 Å². The summed E-state index contributed by atoms with van der Waals surface area (Å²) in [5.41, 5.74) is 4.01. The van der Waals surface area contributed by atoms with Gasteiger partial charge in [-0.3, -0.25) is 0 Å². The molecule has 1 unspecified atom stereocenters. The first-order valence-corrected chi connectivity index (χ1v) is 8.85. The largest absolute Gasteiger partial charge is 0.376 e. The van der Waals surface area contributed by atoms with Crippen molar-refractivity contribution in [2.24, 2.45) is 0 Å². The minimum Gasteiger partial charge on any atom is -0.376 e. The van der Waals surface area contributed by atoms with E-state index in [0.29, 0.717) is 6.04 Å². The first kappa shape index (κ1) is 13.5. The van der Waals surface area contributed by atoms with Crippen molar-refractivity contribution in [2.45, 2.75) is 11.8 Å². The predicted octanol–water partition coefficient (Wildman–Crippen LogP) is 5.61. The normalized spacial score (nSPS) is 17.9. The monoisotopic (exact) mass is 397 g/mol. The van der Waals surface area contributed by atoms with Crippen LogP contribution in [0.25, 0.3) is 0 Å². The summed E-state index contributed by atoms with van der Waals surface area (Å²) >= 11 is 9.12. The van der Waals surface area contributed by atoms with Crippen molar-refractivity contribution in [1.29, 1.82) is 0 Å². The summed E-state index contributed by atoms with van der Waals surface area (Å²) in [6.45, 7) is 0. The Labute approximate surface area is 134 Å². The highest BCUT2D eigenvalue weighted by Gasteiger charge is 2.20. The highest BCUT2D eigenvalue weighted by atomic mass is 79.9. The number of fused-ring (bicyclic) bond motifs is 1. The van der Waals surface area contributed by atoms with E-state index in [4.69, 9.17) is 0 Å². The molecule has 1 nitrogen and oxygen atoms in total. The molecule has 2 aromatic rings. The maximum atomic E-state index is 3.65. The fraction of sp³-hybridized carbons (Fsp3) is 0.200. The van der Waals surface area contributed by atoms with E-state index in [2.05, 4.69) is 73.6 Å². The van der Waals surface area contributed by atoms with Crippen LogP contribution in [0.3, 0.4) is 0 Å². The summed E-state index contributed by atoms with van der Waals surface area (Å²) in [5.74, 6) is 2.23. The maximum Gasteiger partial charge on any atom is 0.0607 e. The lowest BCUT2D eigenvalue weighted by atomic mass is 10.0. The number of halogens is 2. The van der Waals surface area contributed by atoms with Crippen molar-refractivity contribution in [2.75, 3.05) is 11.1 Å². The Morgan fingerprint density at radius 2 is 1.95 bits per heavy atom. The Kier molecular flexibility index (Phi) is 4.20. The van der Waals surface area contributed by atoms with Crippen LogP contribution in [-0.4, -0.2) is 5.75 Å². The molecule has 0 aromatic heterocycles. The summed E-state index contributed by atoms with van der Waals surface area (Å²) in [4.78, 5) is 0. The number of hydrogen-bond donors (Lipinski definition) is 1. The Morgan fingerprint density at radius 1 is 1.11 bits per heavy atom. The summed E-state index contributed by atoms with van der Waals surface area (Å²) < 4.78 is 2.19. The molecule has 0 saturated heterocycles. The van der Waals surface area contributed by atoms with E-state index in [-0.39, 0.29) is 0 Å². The third-order valence-corrected chi connectivity index (χ3v) is 5.50. The van der Waals surface area contributed by atoms with Gasteiger partial charge in [0.15, 0.2) is 0 Å². The molecule has 0 amide bonds. The van der Waals surface area contributed by atoms with Crippen LogP contribution in [0.4, 0.5) is 5.69 Å². The van der Waals surface area contributed by atoms with Crippen molar-refractivity contribution in [1.82, 2.24) is 0 Å². The van der Waals surface area contributed by atoms with Crippen LogP contribution < -0.4 is 5.32 Å². The lowest BCUT2D eigenvalue weighted by Crippen LogP contribution is -2.18. The Balaban J connectivity index is 1.90. The van der Waals surface area contributed by atoms with Crippen molar-refractivity contribution in [3.05, 3.63) is 62.5 Å². The zero-order chi connectivity index (χ0) is 13.2. The molecule has 1 N–H and O–H groups in total. The molecule has 1 heterocycles. The molecule has 0 aliphatic carbocycles. The zero-order valence-electron chi connectivity index (χ0n) is 10.2. The average molecular weight is 399 g/mol. The van der Waals surface area contributed by atoms with Gasteiger partial charge in [-0.2, -0.15) is 11.8 Å². The number of nitrogens with one attached hydrogen (secondary N) is 1. The van der Waals surface area contributed by atoms with Gasteiger partial charge in [0.05, 0.1) is 11.7 Å². The molecule has 4 heteroatoms. The van der Waals surface area contributed by atoms with E-state index in [1.54, 1.807) is 0 Å². The molecule has 0 spiro atoms. The van der Waals surface area contributed by atoms with Gasteiger partial charge in [0.2, 0.25) is 0 Å². The molecular formula is C15H13Br2NS. The van der Waals surface area contributed by atoms with Crippen molar-refractivity contribution < 1.29 is 0 Å². The van der Waals surface area contributed by atoms with Crippen molar-refractivity contribution in [3.8, 4) is 0 Å². The fourth-order valence-corrected chi connectivity index (χ4v) is 4.12. The molecule has 0 fully saturated rings. The smallest absolute Gasteiger partial charge is 0.0607 e. The quantitative estimate of drug-likeness (QED) is 0.705. The van der Waals surface area contributed by atoms with Gasteiger partial charge in [0.1, 0.15) is 0 Å². The van der Waals surface area contributed by atoms with E-state index < -0.39 is 0 Å². The van der Waals surface area contributed by atoms with Gasteiger partial charge in [-0.05, 0) is 45.3 Å². The Bertz CT molecular complexity index is 600.